The van der Waals surface area contributed by atoms with Crippen LogP contribution >= 0.6 is 23.4 Å². The van der Waals surface area contributed by atoms with Gasteiger partial charge in [0.2, 0.25) is 0 Å². The molecule has 0 saturated carbocycles. The number of halogens is 1. The van der Waals surface area contributed by atoms with E-state index in [-0.39, 0.29) is 17.6 Å². The molecule has 140 valence electrons. The van der Waals surface area contributed by atoms with Crippen molar-refractivity contribution >= 4 is 29.1 Å². The number of nitrogens with zero attached hydrogens (tertiary/aromatic N) is 2. The SMILES string of the molecule is COc1ccc(C(=O)[C@H](C)Sc2nnc(COc3ccc(Cl)cc3)o2)cc1. The van der Waals surface area contributed by atoms with Crippen LogP contribution in [0.4, 0.5) is 0 Å². The number of hydrogen-bond donors (Lipinski definition) is 0. The van der Waals surface area contributed by atoms with Crippen LogP contribution in [0.2, 0.25) is 5.02 Å². The van der Waals surface area contributed by atoms with Gasteiger partial charge in [0.15, 0.2) is 12.4 Å². The van der Waals surface area contributed by atoms with E-state index in [9.17, 15) is 4.79 Å². The molecule has 0 N–H and O–H groups in total. The molecule has 0 bridgehead atoms. The Kier molecular flexibility index (Phi) is 6.36. The van der Waals surface area contributed by atoms with Crippen LogP contribution in [0, 0.1) is 0 Å². The van der Waals surface area contributed by atoms with Crippen molar-refractivity contribution in [1.82, 2.24) is 10.2 Å². The van der Waals surface area contributed by atoms with Gasteiger partial charge in [-0.05, 0) is 55.5 Å². The molecule has 1 atom stereocenters. The first-order valence-corrected chi connectivity index (χ1v) is 9.36. The second-order valence-corrected chi connectivity index (χ2v) is 7.29. The summed E-state index contributed by atoms with van der Waals surface area (Å²) in [7, 11) is 1.58. The van der Waals surface area contributed by atoms with Crippen molar-refractivity contribution in [3.8, 4) is 11.5 Å². The number of thioether (sulfide) groups is 1. The van der Waals surface area contributed by atoms with Gasteiger partial charge in [-0.3, -0.25) is 4.79 Å². The second-order valence-electron chi connectivity index (χ2n) is 5.56. The highest BCUT2D eigenvalue weighted by atomic mass is 35.5. The number of benzene rings is 2. The van der Waals surface area contributed by atoms with Crippen LogP contribution in [-0.4, -0.2) is 28.3 Å². The van der Waals surface area contributed by atoms with E-state index in [2.05, 4.69) is 10.2 Å². The summed E-state index contributed by atoms with van der Waals surface area (Å²) in [6.07, 6.45) is 0. The summed E-state index contributed by atoms with van der Waals surface area (Å²) in [4.78, 5) is 12.5. The number of rotatable bonds is 8. The lowest BCUT2D eigenvalue weighted by Gasteiger charge is -2.08. The summed E-state index contributed by atoms with van der Waals surface area (Å²) in [5.41, 5.74) is 0.599. The van der Waals surface area contributed by atoms with Gasteiger partial charge in [0.25, 0.3) is 11.1 Å². The van der Waals surface area contributed by atoms with E-state index in [1.807, 2.05) is 0 Å². The van der Waals surface area contributed by atoms with E-state index in [4.69, 9.17) is 25.5 Å². The lowest BCUT2D eigenvalue weighted by atomic mass is 10.1. The largest absolute Gasteiger partial charge is 0.497 e. The molecule has 0 aliphatic carbocycles. The first-order chi connectivity index (χ1) is 13.0. The van der Waals surface area contributed by atoms with Gasteiger partial charge in [0.05, 0.1) is 12.4 Å². The molecule has 1 heterocycles. The van der Waals surface area contributed by atoms with E-state index < -0.39 is 0 Å². The van der Waals surface area contributed by atoms with Crippen LogP contribution in [-0.2, 0) is 6.61 Å². The molecule has 0 saturated heterocycles. The standard InChI is InChI=1S/C19H17ClN2O4S/c1-12(18(23)13-3-7-15(24-2)8-4-13)27-19-22-21-17(26-19)11-25-16-9-5-14(20)6-10-16/h3-10,12H,11H2,1-2H3/t12-/m0/s1. The molecule has 27 heavy (non-hydrogen) atoms. The Balaban J connectivity index is 1.55. The maximum Gasteiger partial charge on any atom is 0.277 e. The predicted octanol–water partition coefficient (Wildman–Crippen LogP) is 4.67. The number of Topliss-reactive ketones (excluding diaryl/α,β-unsaturated/α-hetero) is 1. The van der Waals surface area contributed by atoms with Gasteiger partial charge in [-0.25, -0.2) is 0 Å². The Hall–Kier alpha value is -2.51. The Morgan fingerprint density at radius 2 is 1.78 bits per heavy atom. The molecule has 0 unspecified atom stereocenters. The van der Waals surface area contributed by atoms with Gasteiger partial charge >= 0.3 is 0 Å². The smallest absolute Gasteiger partial charge is 0.277 e. The zero-order valence-corrected chi connectivity index (χ0v) is 16.3. The van der Waals surface area contributed by atoms with Gasteiger partial charge in [-0.2, -0.15) is 0 Å². The van der Waals surface area contributed by atoms with Crippen molar-refractivity contribution in [2.45, 2.75) is 24.0 Å². The van der Waals surface area contributed by atoms with Gasteiger partial charge in [0, 0.05) is 10.6 Å². The third kappa shape index (κ3) is 5.24. The zero-order valence-electron chi connectivity index (χ0n) is 14.7. The minimum Gasteiger partial charge on any atom is -0.497 e. The Bertz CT molecular complexity index is 897. The van der Waals surface area contributed by atoms with E-state index in [1.54, 1.807) is 62.6 Å². The average molecular weight is 405 g/mol. The number of ketones is 1. The van der Waals surface area contributed by atoms with Crippen LogP contribution in [0.15, 0.2) is 58.2 Å². The first kappa shape index (κ1) is 19.3. The molecule has 0 spiro atoms. The normalized spacial score (nSPS) is 11.8. The summed E-state index contributed by atoms with van der Waals surface area (Å²) < 4.78 is 16.2. The third-order valence-electron chi connectivity index (χ3n) is 3.65. The highest BCUT2D eigenvalue weighted by molar-refractivity contribution is 8.00. The van der Waals surface area contributed by atoms with E-state index in [0.29, 0.717) is 33.2 Å². The molecule has 1 aromatic heterocycles. The molecule has 3 aromatic rings. The zero-order chi connectivity index (χ0) is 19.2. The molecule has 3 rings (SSSR count). The van der Waals surface area contributed by atoms with E-state index >= 15 is 0 Å². The fourth-order valence-corrected chi connectivity index (χ4v) is 3.12. The fourth-order valence-electron chi connectivity index (χ4n) is 2.21. The molecule has 0 fully saturated rings. The average Bonchev–Trinajstić information content (AvgIpc) is 3.14. The first-order valence-electron chi connectivity index (χ1n) is 8.11. The number of carbonyl (C=O) groups excluding carboxylic acids is 1. The summed E-state index contributed by atoms with van der Waals surface area (Å²) in [5.74, 6) is 1.65. The lowest BCUT2D eigenvalue weighted by Crippen LogP contribution is -2.13. The molecule has 0 radical (unpaired) electrons. The predicted molar refractivity (Wildman–Crippen MR) is 103 cm³/mol. The van der Waals surface area contributed by atoms with Gasteiger partial charge in [-0.15, -0.1) is 10.2 Å². The van der Waals surface area contributed by atoms with Crippen molar-refractivity contribution in [1.29, 1.82) is 0 Å². The summed E-state index contributed by atoms with van der Waals surface area (Å²) >= 11 is 7.04. The van der Waals surface area contributed by atoms with Gasteiger partial charge < -0.3 is 13.9 Å². The van der Waals surface area contributed by atoms with Crippen molar-refractivity contribution < 1.29 is 18.7 Å². The lowest BCUT2D eigenvalue weighted by molar-refractivity contribution is 0.0993. The monoisotopic (exact) mass is 404 g/mol. The molecular weight excluding hydrogens is 388 g/mol. The summed E-state index contributed by atoms with van der Waals surface area (Å²) in [6.45, 7) is 1.93. The van der Waals surface area contributed by atoms with Crippen LogP contribution in [0.1, 0.15) is 23.2 Å². The Morgan fingerprint density at radius 1 is 1.11 bits per heavy atom. The molecule has 8 heteroatoms. The van der Waals surface area contributed by atoms with Crippen molar-refractivity contribution in [3.05, 3.63) is 65.0 Å². The number of carbonyl (C=O) groups is 1. The van der Waals surface area contributed by atoms with Crippen LogP contribution < -0.4 is 9.47 Å². The van der Waals surface area contributed by atoms with Crippen molar-refractivity contribution in [2.24, 2.45) is 0 Å². The van der Waals surface area contributed by atoms with Crippen molar-refractivity contribution in [2.75, 3.05) is 7.11 Å². The molecule has 6 nitrogen and oxygen atoms in total. The highest BCUT2D eigenvalue weighted by Crippen LogP contribution is 2.25. The maximum absolute atomic E-state index is 12.5. The Morgan fingerprint density at radius 3 is 2.44 bits per heavy atom. The topological polar surface area (TPSA) is 74.5 Å². The fraction of sp³-hybridized carbons (Fsp3) is 0.211. The second kappa shape index (κ2) is 8.92. The maximum atomic E-state index is 12.5. The molecule has 0 aliphatic heterocycles. The molecule has 0 aliphatic rings. The highest BCUT2D eigenvalue weighted by Gasteiger charge is 2.20. The number of hydrogen-bond acceptors (Lipinski definition) is 7. The van der Waals surface area contributed by atoms with Crippen molar-refractivity contribution in [3.63, 3.8) is 0 Å². The van der Waals surface area contributed by atoms with E-state index in [0.717, 1.165) is 0 Å². The summed E-state index contributed by atoms with van der Waals surface area (Å²) in [6, 6.07) is 14.0. The molecular formula is C19H17ClN2O4S. The third-order valence-corrected chi connectivity index (χ3v) is 4.83. The quantitative estimate of drug-likeness (QED) is 0.398. The molecule has 0 amide bonds. The summed E-state index contributed by atoms with van der Waals surface area (Å²) in [5, 5.41) is 8.48. The van der Waals surface area contributed by atoms with Gasteiger partial charge in [-0.1, -0.05) is 23.4 Å². The number of methoxy groups -OCH3 is 1. The van der Waals surface area contributed by atoms with Crippen LogP contribution in [0.25, 0.3) is 0 Å². The minimum atomic E-state index is -0.371. The number of ether oxygens (including phenoxy) is 2. The van der Waals surface area contributed by atoms with Crippen LogP contribution in [0.5, 0.6) is 11.5 Å². The minimum absolute atomic E-state index is 0.0279. The van der Waals surface area contributed by atoms with Crippen LogP contribution in [0.3, 0.4) is 0 Å². The van der Waals surface area contributed by atoms with E-state index in [1.165, 1.54) is 11.8 Å². The molecule has 2 aromatic carbocycles. The Labute approximate surface area is 165 Å². The van der Waals surface area contributed by atoms with Gasteiger partial charge in [0.1, 0.15) is 11.5 Å². The number of aromatic nitrogens is 2.